The van der Waals surface area contributed by atoms with Gasteiger partial charge in [-0.05, 0) is 61.8 Å². The first kappa shape index (κ1) is 23.9. The maximum atomic E-state index is 12.7. The number of carbonyl (C=O) groups is 5. The van der Waals surface area contributed by atoms with Crippen LogP contribution in [0.3, 0.4) is 0 Å². The van der Waals surface area contributed by atoms with Gasteiger partial charge in [-0.3, -0.25) is 24.1 Å². The molecular weight excluding hydrogens is 440 g/mol. The molecule has 0 aromatic heterocycles. The van der Waals surface area contributed by atoms with E-state index in [1.807, 2.05) is 6.92 Å². The first-order valence-electron chi connectivity index (χ1n) is 12.0. The second kappa shape index (κ2) is 10.4. The molecule has 3 aliphatic rings. The fraction of sp³-hybridized carbons (Fsp3) is 0.560. The van der Waals surface area contributed by atoms with Crippen LogP contribution in [0.2, 0.25) is 0 Å². The summed E-state index contributed by atoms with van der Waals surface area (Å²) in [6.45, 7) is 1.86. The third kappa shape index (κ3) is 4.98. The monoisotopic (exact) mass is 470 g/mol. The van der Waals surface area contributed by atoms with Gasteiger partial charge in [-0.15, -0.1) is 0 Å². The van der Waals surface area contributed by atoms with Crippen LogP contribution in [0, 0.1) is 23.7 Å². The predicted octanol–water partition coefficient (Wildman–Crippen LogP) is 2.55. The van der Waals surface area contributed by atoms with E-state index in [9.17, 15) is 24.0 Å². The van der Waals surface area contributed by atoms with Crippen LogP contribution in [0.4, 0.5) is 5.69 Å². The van der Waals surface area contributed by atoms with Crippen molar-refractivity contribution in [2.45, 2.75) is 45.4 Å². The molecular formula is C25H30N2O7. The summed E-state index contributed by atoms with van der Waals surface area (Å²) in [6.07, 6.45) is 4.55. The lowest BCUT2D eigenvalue weighted by atomic mass is 9.81. The van der Waals surface area contributed by atoms with Crippen LogP contribution in [0.1, 0.15) is 55.8 Å². The minimum absolute atomic E-state index is 0.0135. The lowest BCUT2D eigenvalue weighted by Gasteiger charge is -2.19. The first-order chi connectivity index (χ1) is 16.4. The van der Waals surface area contributed by atoms with Gasteiger partial charge in [-0.2, -0.15) is 0 Å². The summed E-state index contributed by atoms with van der Waals surface area (Å²) in [4.78, 5) is 62.6. The van der Waals surface area contributed by atoms with Crippen molar-refractivity contribution in [3.05, 3.63) is 29.8 Å². The molecule has 1 aliphatic heterocycles. The summed E-state index contributed by atoms with van der Waals surface area (Å²) >= 11 is 0. The number of hydrogen-bond acceptors (Lipinski definition) is 7. The number of nitrogens with zero attached hydrogens (tertiary/aromatic N) is 1. The van der Waals surface area contributed by atoms with Crippen molar-refractivity contribution in [3.63, 3.8) is 0 Å². The van der Waals surface area contributed by atoms with Gasteiger partial charge in [0.25, 0.3) is 5.91 Å². The first-order valence-corrected chi connectivity index (χ1v) is 12.0. The minimum Gasteiger partial charge on any atom is -0.462 e. The molecule has 3 amide bonds. The normalized spacial score (nSPS) is 24.8. The second-order valence-corrected chi connectivity index (χ2v) is 9.24. The molecule has 3 fully saturated rings. The molecule has 4 rings (SSSR count). The van der Waals surface area contributed by atoms with Crippen molar-refractivity contribution in [2.75, 3.05) is 25.1 Å². The van der Waals surface area contributed by atoms with E-state index in [4.69, 9.17) is 9.47 Å². The van der Waals surface area contributed by atoms with Gasteiger partial charge >= 0.3 is 11.9 Å². The number of esters is 2. The van der Waals surface area contributed by atoms with Gasteiger partial charge in [0.2, 0.25) is 11.8 Å². The second-order valence-electron chi connectivity index (χ2n) is 9.24. The molecule has 2 aliphatic carbocycles. The standard InChI is InChI=1S/C25H30N2O7/c1-2-3-12-33-25(32)15-6-8-18(9-7-15)26-19(28)14-34-20(29)10-11-27-23(30)21-16-4-5-17(13-16)22(21)24(27)31/h6-9,16-17,21-22H,2-5,10-14H2,1H3,(H,26,28)/t16-,17-,21-,22+/m0/s1. The molecule has 2 bridgehead atoms. The van der Waals surface area contributed by atoms with Gasteiger partial charge in [0.1, 0.15) is 0 Å². The molecule has 1 heterocycles. The molecule has 0 unspecified atom stereocenters. The highest BCUT2D eigenvalue weighted by atomic mass is 16.5. The smallest absolute Gasteiger partial charge is 0.338 e. The lowest BCUT2D eigenvalue weighted by molar-refractivity contribution is -0.149. The van der Waals surface area contributed by atoms with E-state index >= 15 is 0 Å². The molecule has 4 atom stereocenters. The minimum atomic E-state index is -0.652. The Labute approximate surface area is 198 Å². The lowest BCUT2D eigenvalue weighted by Crippen LogP contribution is -2.35. The largest absolute Gasteiger partial charge is 0.462 e. The SMILES string of the molecule is CCCCOC(=O)c1ccc(NC(=O)COC(=O)CCN2C(=O)[C@@H]3[C@H]4CC[C@@H](C4)[C@@H]3C2=O)cc1. The van der Waals surface area contributed by atoms with Crippen LogP contribution in [0.5, 0.6) is 0 Å². The highest BCUT2D eigenvalue weighted by Gasteiger charge is 2.60. The average Bonchev–Trinajstić information content (AvgIpc) is 3.51. The Morgan fingerprint density at radius 1 is 1.00 bits per heavy atom. The summed E-state index contributed by atoms with van der Waals surface area (Å²) in [7, 11) is 0. The summed E-state index contributed by atoms with van der Waals surface area (Å²) in [6, 6.07) is 6.21. The fourth-order valence-electron chi connectivity index (χ4n) is 5.39. The molecule has 0 spiro atoms. The highest BCUT2D eigenvalue weighted by molar-refractivity contribution is 6.06. The molecule has 1 aromatic carbocycles. The Hall–Kier alpha value is -3.23. The van der Waals surface area contributed by atoms with Gasteiger partial charge < -0.3 is 14.8 Å². The number of imide groups is 1. The van der Waals surface area contributed by atoms with Crippen molar-refractivity contribution < 1.29 is 33.4 Å². The average molecular weight is 471 g/mol. The van der Waals surface area contributed by atoms with Crippen molar-refractivity contribution in [1.29, 1.82) is 0 Å². The Morgan fingerprint density at radius 2 is 1.65 bits per heavy atom. The van der Waals surface area contributed by atoms with Crippen molar-refractivity contribution in [2.24, 2.45) is 23.7 Å². The van der Waals surface area contributed by atoms with E-state index in [1.54, 1.807) is 24.3 Å². The third-order valence-corrected chi connectivity index (χ3v) is 7.06. The zero-order chi connectivity index (χ0) is 24.2. The Morgan fingerprint density at radius 3 is 2.26 bits per heavy atom. The number of rotatable bonds is 10. The van der Waals surface area contributed by atoms with E-state index in [0.29, 0.717) is 29.7 Å². The molecule has 1 N–H and O–H groups in total. The van der Waals surface area contributed by atoms with Crippen LogP contribution >= 0.6 is 0 Å². The van der Waals surface area contributed by atoms with Crippen molar-refractivity contribution in [1.82, 2.24) is 4.90 Å². The number of amides is 3. The summed E-state index contributed by atoms with van der Waals surface area (Å²) in [5.74, 6) is -1.76. The summed E-state index contributed by atoms with van der Waals surface area (Å²) in [5, 5.41) is 2.58. The van der Waals surface area contributed by atoms with Crippen LogP contribution in [-0.2, 0) is 28.7 Å². The number of ether oxygens (including phenoxy) is 2. The summed E-state index contributed by atoms with van der Waals surface area (Å²) in [5.41, 5.74) is 0.823. The van der Waals surface area contributed by atoms with Gasteiger partial charge in [-0.25, -0.2) is 4.79 Å². The Bertz CT molecular complexity index is 946. The fourth-order valence-corrected chi connectivity index (χ4v) is 5.39. The maximum absolute atomic E-state index is 12.7. The van der Waals surface area contributed by atoms with Gasteiger partial charge in [-0.1, -0.05) is 13.3 Å². The molecule has 0 radical (unpaired) electrons. The number of hydrogen-bond donors (Lipinski definition) is 1. The van der Waals surface area contributed by atoms with Crippen LogP contribution < -0.4 is 5.32 Å². The highest BCUT2D eigenvalue weighted by Crippen LogP contribution is 2.56. The number of fused-ring (bicyclic) bond motifs is 5. The predicted molar refractivity (Wildman–Crippen MR) is 120 cm³/mol. The Kier molecular flexibility index (Phi) is 7.29. The van der Waals surface area contributed by atoms with E-state index in [1.165, 1.54) is 4.90 Å². The number of benzene rings is 1. The van der Waals surface area contributed by atoms with Gasteiger partial charge in [0.15, 0.2) is 6.61 Å². The number of likely N-dealkylation sites (tertiary alicyclic amines) is 1. The molecule has 34 heavy (non-hydrogen) atoms. The molecule has 2 saturated carbocycles. The van der Waals surface area contributed by atoms with Crippen molar-refractivity contribution >= 4 is 35.3 Å². The zero-order valence-corrected chi connectivity index (χ0v) is 19.3. The Balaban J connectivity index is 1.17. The van der Waals surface area contributed by atoms with E-state index in [2.05, 4.69) is 5.32 Å². The third-order valence-electron chi connectivity index (χ3n) is 7.06. The zero-order valence-electron chi connectivity index (χ0n) is 19.3. The quantitative estimate of drug-likeness (QED) is 0.317. The topological polar surface area (TPSA) is 119 Å². The van der Waals surface area contributed by atoms with E-state index < -0.39 is 24.5 Å². The number of nitrogens with one attached hydrogen (secondary N) is 1. The van der Waals surface area contributed by atoms with Gasteiger partial charge in [0.05, 0.1) is 30.4 Å². The van der Waals surface area contributed by atoms with E-state index in [-0.39, 0.29) is 36.6 Å². The van der Waals surface area contributed by atoms with Crippen LogP contribution in [0.15, 0.2) is 24.3 Å². The molecule has 9 heteroatoms. The molecule has 1 saturated heterocycles. The van der Waals surface area contributed by atoms with E-state index in [0.717, 1.165) is 32.1 Å². The maximum Gasteiger partial charge on any atom is 0.338 e. The van der Waals surface area contributed by atoms with Crippen molar-refractivity contribution in [3.8, 4) is 0 Å². The molecule has 182 valence electrons. The van der Waals surface area contributed by atoms with Crippen LogP contribution in [0.25, 0.3) is 0 Å². The number of anilines is 1. The molecule has 1 aromatic rings. The number of carbonyl (C=O) groups excluding carboxylic acids is 5. The number of unbranched alkanes of at least 4 members (excludes halogenated alkanes) is 1. The molecule has 9 nitrogen and oxygen atoms in total. The van der Waals surface area contributed by atoms with Crippen LogP contribution in [-0.4, -0.2) is 54.3 Å². The summed E-state index contributed by atoms with van der Waals surface area (Å²) < 4.78 is 10.1. The van der Waals surface area contributed by atoms with Gasteiger partial charge in [0, 0.05) is 12.2 Å².